The van der Waals surface area contributed by atoms with Crippen LogP contribution in [0.5, 0.6) is 0 Å². The van der Waals surface area contributed by atoms with Gasteiger partial charge in [-0.1, -0.05) is 13.8 Å². The molecule has 2 atom stereocenters. The number of fused-ring (bicyclic) bond motifs is 1. The Labute approximate surface area is 124 Å². The predicted octanol–water partition coefficient (Wildman–Crippen LogP) is 1.35. The minimum Gasteiger partial charge on any atom is -0.444 e. The summed E-state index contributed by atoms with van der Waals surface area (Å²) in [6.07, 6.45) is 4.76. The Morgan fingerprint density at radius 3 is 2.81 bits per heavy atom. The molecule has 6 nitrogen and oxygen atoms in total. The molecule has 0 bridgehead atoms. The standard InChI is InChI=1S/C15H21N3O3/c1-3-10-8-16-13(21-10)9-18-11(4-2)14(19)17-7-5-6-12(17)15(18)20/h8,11-12H,3-7,9H2,1-2H3. The molecular weight excluding hydrogens is 270 g/mol. The third-order valence-corrected chi connectivity index (χ3v) is 4.41. The number of hydrogen-bond acceptors (Lipinski definition) is 4. The highest BCUT2D eigenvalue weighted by molar-refractivity contribution is 5.97. The van der Waals surface area contributed by atoms with Gasteiger partial charge in [-0.25, -0.2) is 4.98 Å². The minimum atomic E-state index is -0.385. The molecule has 3 heterocycles. The maximum Gasteiger partial charge on any atom is 0.246 e. The lowest BCUT2D eigenvalue weighted by Gasteiger charge is -2.41. The number of carbonyl (C=O) groups is 2. The fourth-order valence-corrected chi connectivity index (χ4v) is 3.27. The molecule has 2 unspecified atom stereocenters. The van der Waals surface area contributed by atoms with Gasteiger partial charge >= 0.3 is 0 Å². The summed E-state index contributed by atoms with van der Waals surface area (Å²) in [4.78, 5) is 32.8. The van der Waals surface area contributed by atoms with Crippen LogP contribution >= 0.6 is 0 Å². The molecule has 0 saturated carbocycles. The van der Waals surface area contributed by atoms with Gasteiger partial charge in [0.2, 0.25) is 17.7 Å². The van der Waals surface area contributed by atoms with Crippen LogP contribution in [0.15, 0.2) is 10.6 Å². The number of aromatic nitrogens is 1. The van der Waals surface area contributed by atoms with Gasteiger partial charge in [0.25, 0.3) is 0 Å². The fraction of sp³-hybridized carbons (Fsp3) is 0.667. The van der Waals surface area contributed by atoms with E-state index in [-0.39, 0.29) is 30.4 Å². The molecular formula is C15H21N3O3. The Balaban J connectivity index is 1.84. The van der Waals surface area contributed by atoms with Crippen molar-refractivity contribution in [3.8, 4) is 0 Å². The van der Waals surface area contributed by atoms with E-state index in [4.69, 9.17) is 4.42 Å². The maximum absolute atomic E-state index is 12.7. The quantitative estimate of drug-likeness (QED) is 0.840. The largest absolute Gasteiger partial charge is 0.444 e. The van der Waals surface area contributed by atoms with Gasteiger partial charge in [0.1, 0.15) is 17.8 Å². The fourth-order valence-electron chi connectivity index (χ4n) is 3.27. The van der Waals surface area contributed by atoms with Crippen molar-refractivity contribution in [1.82, 2.24) is 14.8 Å². The van der Waals surface area contributed by atoms with Crippen LogP contribution in [0.25, 0.3) is 0 Å². The zero-order valence-electron chi connectivity index (χ0n) is 12.5. The van der Waals surface area contributed by atoms with E-state index in [1.165, 1.54) is 0 Å². The lowest BCUT2D eigenvalue weighted by molar-refractivity contribution is -0.160. The molecule has 2 saturated heterocycles. The smallest absolute Gasteiger partial charge is 0.246 e. The van der Waals surface area contributed by atoms with Crippen LogP contribution in [0, 0.1) is 0 Å². The molecule has 0 aliphatic carbocycles. The van der Waals surface area contributed by atoms with Crippen molar-refractivity contribution < 1.29 is 14.0 Å². The van der Waals surface area contributed by atoms with Crippen molar-refractivity contribution in [3.63, 3.8) is 0 Å². The summed E-state index contributed by atoms with van der Waals surface area (Å²) < 4.78 is 5.59. The second kappa shape index (κ2) is 5.50. The van der Waals surface area contributed by atoms with Crippen molar-refractivity contribution >= 4 is 11.8 Å². The van der Waals surface area contributed by atoms with Gasteiger partial charge < -0.3 is 14.2 Å². The van der Waals surface area contributed by atoms with E-state index < -0.39 is 0 Å². The Hall–Kier alpha value is -1.85. The predicted molar refractivity (Wildman–Crippen MR) is 75.2 cm³/mol. The highest BCUT2D eigenvalue weighted by atomic mass is 16.4. The van der Waals surface area contributed by atoms with Crippen LogP contribution in [0.2, 0.25) is 0 Å². The van der Waals surface area contributed by atoms with E-state index in [9.17, 15) is 9.59 Å². The van der Waals surface area contributed by atoms with Crippen LogP contribution in [-0.4, -0.2) is 45.2 Å². The Morgan fingerprint density at radius 2 is 2.14 bits per heavy atom. The van der Waals surface area contributed by atoms with Gasteiger partial charge in [-0.2, -0.15) is 0 Å². The lowest BCUT2D eigenvalue weighted by atomic mass is 10.0. The van der Waals surface area contributed by atoms with Crippen molar-refractivity contribution in [3.05, 3.63) is 17.8 Å². The van der Waals surface area contributed by atoms with Crippen LogP contribution in [0.3, 0.4) is 0 Å². The monoisotopic (exact) mass is 291 g/mol. The molecule has 1 aromatic rings. The number of piperazine rings is 1. The molecule has 0 spiro atoms. The maximum atomic E-state index is 12.7. The summed E-state index contributed by atoms with van der Waals surface area (Å²) in [7, 11) is 0. The normalized spacial score (nSPS) is 25.6. The van der Waals surface area contributed by atoms with E-state index in [0.717, 1.165) is 25.0 Å². The van der Waals surface area contributed by atoms with Crippen molar-refractivity contribution in [2.24, 2.45) is 0 Å². The lowest BCUT2D eigenvalue weighted by Crippen LogP contribution is -2.62. The SMILES string of the molecule is CCc1cnc(CN2C(=O)C3CCCN3C(=O)C2CC)o1. The first-order valence-electron chi connectivity index (χ1n) is 7.70. The highest BCUT2D eigenvalue weighted by Crippen LogP contribution is 2.29. The average Bonchev–Trinajstić information content (AvgIpc) is 3.14. The van der Waals surface area contributed by atoms with Gasteiger partial charge in [-0.3, -0.25) is 9.59 Å². The van der Waals surface area contributed by atoms with Crippen LogP contribution in [0.1, 0.15) is 44.8 Å². The van der Waals surface area contributed by atoms with Crippen LogP contribution in [-0.2, 0) is 22.6 Å². The number of oxazole rings is 1. The Bertz CT molecular complexity index is 554. The Morgan fingerprint density at radius 1 is 1.33 bits per heavy atom. The summed E-state index contributed by atoms with van der Waals surface area (Å²) in [6.45, 7) is 4.92. The van der Waals surface area contributed by atoms with E-state index in [0.29, 0.717) is 18.9 Å². The van der Waals surface area contributed by atoms with Gasteiger partial charge in [0.15, 0.2) is 0 Å². The third kappa shape index (κ3) is 2.32. The summed E-state index contributed by atoms with van der Waals surface area (Å²) in [5.74, 6) is 1.42. The number of aryl methyl sites for hydroxylation is 1. The van der Waals surface area contributed by atoms with Gasteiger partial charge in [0.05, 0.1) is 12.7 Å². The zero-order valence-corrected chi connectivity index (χ0v) is 12.5. The molecule has 2 aliphatic heterocycles. The second-order valence-corrected chi connectivity index (χ2v) is 5.65. The molecule has 1 aromatic heterocycles. The molecule has 2 amide bonds. The summed E-state index contributed by atoms with van der Waals surface area (Å²) in [5, 5.41) is 0. The number of nitrogens with zero attached hydrogens (tertiary/aromatic N) is 3. The first-order chi connectivity index (χ1) is 10.2. The molecule has 0 aromatic carbocycles. The number of hydrogen-bond donors (Lipinski definition) is 0. The molecule has 21 heavy (non-hydrogen) atoms. The first-order valence-corrected chi connectivity index (χ1v) is 7.70. The average molecular weight is 291 g/mol. The molecule has 0 N–H and O–H groups in total. The van der Waals surface area contributed by atoms with Crippen molar-refractivity contribution in [2.45, 2.75) is 58.2 Å². The third-order valence-electron chi connectivity index (χ3n) is 4.41. The molecule has 2 fully saturated rings. The molecule has 0 radical (unpaired) electrons. The van der Waals surface area contributed by atoms with E-state index >= 15 is 0 Å². The number of carbonyl (C=O) groups excluding carboxylic acids is 2. The minimum absolute atomic E-state index is 0.0372. The van der Waals surface area contributed by atoms with Crippen molar-refractivity contribution in [1.29, 1.82) is 0 Å². The van der Waals surface area contributed by atoms with Gasteiger partial charge in [-0.05, 0) is 19.3 Å². The summed E-state index contributed by atoms with van der Waals surface area (Å²) in [6, 6.07) is -0.662. The van der Waals surface area contributed by atoms with Crippen molar-refractivity contribution in [2.75, 3.05) is 6.54 Å². The van der Waals surface area contributed by atoms with E-state index in [1.54, 1.807) is 16.0 Å². The van der Waals surface area contributed by atoms with Gasteiger partial charge in [0, 0.05) is 13.0 Å². The molecule has 2 aliphatic rings. The Kier molecular flexibility index (Phi) is 3.69. The second-order valence-electron chi connectivity index (χ2n) is 5.65. The van der Waals surface area contributed by atoms with Gasteiger partial charge in [-0.15, -0.1) is 0 Å². The zero-order chi connectivity index (χ0) is 15.0. The highest BCUT2D eigenvalue weighted by Gasteiger charge is 2.47. The van der Waals surface area contributed by atoms with Crippen LogP contribution < -0.4 is 0 Å². The summed E-state index contributed by atoms with van der Waals surface area (Å²) >= 11 is 0. The van der Waals surface area contributed by atoms with Crippen LogP contribution in [0.4, 0.5) is 0 Å². The van der Waals surface area contributed by atoms with E-state index in [1.807, 2.05) is 13.8 Å². The topological polar surface area (TPSA) is 66.7 Å². The summed E-state index contributed by atoms with van der Waals surface area (Å²) in [5.41, 5.74) is 0. The molecule has 114 valence electrons. The van der Waals surface area contributed by atoms with E-state index in [2.05, 4.69) is 4.98 Å². The molecule has 6 heteroatoms. The number of amides is 2. The number of rotatable bonds is 4. The molecule has 3 rings (SSSR count). The first kappa shape index (κ1) is 14.1.